The molecular formula is C21H28N7O15P2+. The van der Waals surface area contributed by atoms with E-state index in [0.29, 0.717) is 0 Å². The number of anilines is 1. The van der Waals surface area contributed by atoms with Crippen molar-refractivity contribution in [2.75, 3.05) is 18.9 Å². The zero-order chi connectivity index (χ0) is 32.8. The van der Waals surface area contributed by atoms with Gasteiger partial charge in [0.05, 0.1) is 19.5 Å². The predicted octanol–water partition coefficient (Wildman–Crippen LogP) is -3.31. The van der Waals surface area contributed by atoms with Crippen molar-refractivity contribution in [3.05, 3.63) is 36.7 Å². The van der Waals surface area contributed by atoms with Crippen molar-refractivity contribution in [3.63, 3.8) is 0 Å². The number of aromatic hydroxyl groups is 1. The van der Waals surface area contributed by atoms with Gasteiger partial charge in [0, 0.05) is 6.07 Å². The van der Waals surface area contributed by atoms with Crippen LogP contribution >= 0.6 is 15.6 Å². The fourth-order valence-electron chi connectivity index (χ4n) is 4.65. The Morgan fingerprint density at radius 2 is 1.58 bits per heavy atom. The topological polar surface area (TPSA) is 338 Å². The lowest BCUT2D eigenvalue weighted by molar-refractivity contribution is -0.766. The molecule has 11 N–H and O–H groups in total. The molecule has 5 rings (SSSR count). The van der Waals surface area contributed by atoms with Gasteiger partial charge in [-0.2, -0.15) is 8.88 Å². The number of aromatic nitrogens is 5. The summed E-state index contributed by atoms with van der Waals surface area (Å²) in [4.78, 5) is 43.3. The van der Waals surface area contributed by atoms with Crippen LogP contribution in [0.15, 0.2) is 31.1 Å². The Bertz CT molecular complexity index is 1680. The Morgan fingerprint density at radius 1 is 0.956 bits per heavy atom. The second-order valence-corrected chi connectivity index (χ2v) is 12.9. The predicted molar refractivity (Wildman–Crippen MR) is 141 cm³/mol. The molecule has 0 bridgehead atoms. The maximum absolute atomic E-state index is 12.4. The third kappa shape index (κ3) is 6.98. The lowest BCUT2D eigenvalue weighted by Crippen LogP contribution is -2.46. The summed E-state index contributed by atoms with van der Waals surface area (Å²) in [6.45, 7) is -1.88. The zero-order valence-electron chi connectivity index (χ0n) is 22.6. The largest absolute Gasteiger partial charge is 0.503 e. The van der Waals surface area contributed by atoms with E-state index in [4.69, 9.17) is 25.5 Å². The van der Waals surface area contributed by atoms with Crippen LogP contribution in [0.4, 0.5) is 5.82 Å². The quantitative estimate of drug-likeness (QED) is 0.0707. The number of amides is 1. The first-order valence-corrected chi connectivity index (χ1v) is 15.7. The molecule has 10 atom stereocenters. The minimum Gasteiger partial charge on any atom is -0.503 e. The van der Waals surface area contributed by atoms with Gasteiger partial charge in [-0.05, 0) is 0 Å². The molecule has 1 amide bonds. The summed E-state index contributed by atoms with van der Waals surface area (Å²) in [5, 5.41) is 51.5. The van der Waals surface area contributed by atoms with Gasteiger partial charge in [-0.1, -0.05) is 0 Å². The van der Waals surface area contributed by atoms with Crippen LogP contribution in [0, 0.1) is 0 Å². The molecule has 0 saturated carbocycles. The number of carbonyl (C=O) groups is 1. The maximum Gasteiger partial charge on any atom is 0.481 e. The normalized spacial score (nSPS) is 31.2. The van der Waals surface area contributed by atoms with E-state index in [1.54, 1.807) is 0 Å². The Morgan fingerprint density at radius 3 is 2.22 bits per heavy atom. The summed E-state index contributed by atoms with van der Waals surface area (Å²) in [5.74, 6) is -1.31. The number of primary amides is 1. The van der Waals surface area contributed by atoms with Crippen molar-refractivity contribution in [2.24, 2.45) is 5.73 Å². The fraction of sp³-hybridized carbons (Fsp3) is 0.476. The van der Waals surface area contributed by atoms with Crippen molar-refractivity contribution in [1.82, 2.24) is 19.5 Å². The number of pyridine rings is 1. The molecule has 0 radical (unpaired) electrons. The van der Waals surface area contributed by atoms with Crippen LogP contribution in [0.25, 0.3) is 11.2 Å². The van der Waals surface area contributed by atoms with Gasteiger partial charge in [0.1, 0.15) is 47.9 Å². The molecule has 2 aliphatic rings. The number of nitrogens with zero attached hydrogens (tertiary/aromatic N) is 5. The SMILES string of the molecule is NC(=O)c1cc(O)c[n+]([C@@H]2O[C@H](COP(=O)(O)OP(=O)(O)OC[C@H]3O[C@@H](n4cnc5c(N)ncnc54)[C@H](O)[C@@H]3O)[C@@H](O)[C@H]2O)c1. The number of nitrogens with two attached hydrogens (primary N) is 2. The fourth-order valence-corrected chi connectivity index (χ4v) is 6.74. The first kappa shape index (κ1) is 33.2. The number of phosphoric ester groups is 2. The van der Waals surface area contributed by atoms with Crippen LogP contribution in [0.2, 0.25) is 0 Å². The molecular weight excluding hydrogens is 652 g/mol. The van der Waals surface area contributed by atoms with Gasteiger partial charge in [-0.3, -0.25) is 18.4 Å². The third-order valence-corrected chi connectivity index (χ3v) is 9.40. The van der Waals surface area contributed by atoms with Gasteiger partial charge in [0.2, 0.25) is 6.20 Å². The van der Waals surface area contributed by atoms with Crippen molar-refractivity contribution < 1.29 is 76.6 Å². The Labute approximate surface area is 251 Å². The van der Waals surface area contributed by atoms with E-state index in [1.807, 2.05) is 0 Å². The average Bonchev–Trinajstić information content (AvgIpc) is 3.60. The molecule has 3 aromatic rings. The molecule has 45 heavy (non-hydrogen) atoms. The zero-order valence-corrected chi connectivity index (χ0v) is 24.4. The number of phosphoric acid groups is 2. The molecule has 2 fully saturated rings. The van der Waals surface area contributed by atoms with Crippen molar-refractivity contribution in [2.45, 2.75) is 49.1 Å². The molecule has 2 unspecified atom stereocenters. The van der Waals surface area contributed by atoms with Gasteiger partial charge in [0.25, 0.3) is 12.1 Å². The van der Waals surface area contributed by atoms with Gasteiger partial charge < -0.3 is 56.3 Å². The second kappa shape index (κ2) is 12.5. The molecule has 0 aliphatic carbocycles. The first-order chi connectivity index (χ1) is 21.1. The van der Waals surface area contributed by atoms with Crippen LogP contribution in [-0.4, -0.2) is 111 Å². The number of nitrogen functional groups attached to an aromatic ring is 1. The van der Waals surface area contributed by atoms with Crippen molar-refractivity contribution >= 4 is 38.5 Å². The lowest BCUT2D eigenvalue weighted by atomic mass is 10.1. The summed E-state index contributed by atoms with van der Waals surface area (Å²) in [7, 11) is -10.8. The van der Waals surface area contributed by atoms with Crippen LogP contribution in [0.3, 0.4) is 0 Å². The average molecular weight is 680 g/mol. The van der Waals surface area contributed by atoms with Crippen LogP contribution < -0.4 is 16.0 Å². The van der Waals surface area contributed by atoms with Gasteiger partial charge in [-0.15, -0.1) is 0 Å². The third-order valence-electron chi connectivity index (χ3n) is 6.80. The highest BCUT2D eigenvalue weighted by molar-refractivity contribution is 7.61. The Balaban J connectivity index is 1.17. The van der Waals surface area contributed by atoms with Gasteiger partial charge in [-0.25, -0.2) is 24.1 Å². The van der Waals surface area contributed by atoms with Crippen molar-refractivity contribution in [3.8, 4) is 5.75 Å². The standard InChI is InChI=1S/C21H27N7O15P2/c22-17-12-19(25-6-24-17)28(7-26-12)21-16(33)14(31)11(42-21)5-40-45(37,38)43-44(35,36)39-4-10-13(30)15(32)20(41-10)27-2-8(18(23)34)1-9(29)3-27/h1-3,6-7,10-11,13-16,20-21,30-33H,4-5H2,(H6-,22,23,24,25,29,34,35,36,37,38)/p+1/t10-,11-,13-,14-,15-,16-,20-,21-/m1/s1. The molecule has 2 aliphatic heterocycles. The second-order valence-electron chi connectivity index (χ2n) is 9.88. The van der Waals surface area contributed by atoms with Crippen LogP contribution in [0.5, 0.6) is 5.75 Å². The molecule has 2 saturated heterocycles. The van der Waals surface area contributed by atoms with E-state index in [-0.39, 0.29) is 22.5 Å². The highest BCUT2D eigenvalue weighted by Crippen LogP contribution is 2.60. The molecule has 22 nitrogen and oxygen atoms in total. The number of rotatable bonds is 11. The number of ether oxygens (including phenoxy) is 2. The van der Waals surface area contributed by atoms with E-state index in [9.17, 15) is 49.2 Å². The number of aliphatic hydroxyl groups excluding tert-OH is 4. The van der Waals surface area contributed by atoms with Gasteiger partial charge in [0.15, 0.2) is 35.7 Å². The summed E-state index contributed by atoms with van der Waals surface area (Å²) in [6, 6.07) is 1.04. The summed E-state index contributed by atoms with van der Waals surface area (Å²) in [6.07, 6.45) is -7.88. The lowest BCUT2D eigenvalue weighted by Gasteiger charge is -2.20. The first-order valence-electron chi connectivity index (χ1n) is 12.7. The van der Waals surface area contributed by atoms with Crippen molar-refractivity contribution in [1.29, 1.82) is 0 Å². The summed E-state index contributed by atoms with van der Waals surface area (Å²) in [5.41, 5.74) is 11.1. The number of carbonyl (C=O) groups excluding carboxylic acids is 1. The van der Waals surface area contributed by atoms with Crippen LogP contribution in [-0.2, 0) is 32.0 Å². The maximum atomic E-state index is 12.4. The van der Waals surface area contributed by atoms with E-state index in [1.165, 1.54) is 10.9 Å². The van der Waals surface area contributed by atoms with Gasteiger partial charge >= 0.3 is 15.6 Å². The number of aliphatic hydroxyl groups is 4. The molecule has 3 aromatic heterocycles. The molecule has 24 heteroatoms. The molecule has 0 aromatic carbocycles. The monoisotopic (exact) mass is 680 g/mol. The number of imidazole rings is 1. The summed E-state index contributed by atoms with van der Waals surface area (Å²) < 4.78 is 51.7. The van der Waals surface area contributed by atoms with E-state index in [0.717, 1.165) is 29.4 Å². The summed E-state index contributed by atoms with van der Waals surface area (Å²) >= 11 is 0. The Hall–Kier alpha value is -3.21. The van der Waals surface area contributed by atoms with E-state index in [2.05, 4.69) is 23.8 Å². The molecule has 246 valence electrons. The number of hydrogen-bond acceptors (Lipinski definition) is 17. The van der Waals surface area contributed by atoms with E-state index >= 15 is 0 Å². The Kier molecular flexibility index (Phi) is 9.23. The number of hydrogen-bond donors (Lipinski definition) is 9. The minimum absolute atomic E-state index is 0.0415. The minimum atomic E-state index is -5.42. The molecule has 0 spiro atoms. The highest BCUT2D eigenvalue weighted by atomic mass is 31.3. The smallest absolute Gasteiger partial charge is 0.481 e. The van der Waals surface area contributed by atoms with Crippen LogP contribution in [0.1, 0.15) is 22.8 Å². The highest BCUT2D eigenvalue weighted by Gasteiger charge is 2.50. The number of fused-ring (bicyclic) bond motifs is 1. The van der Waals surface area contributed by atoms with E-state index < -0.39 is 89.6 Å². The molecule has 5 heterocycles.